The van der Waals surface area contributed by atoms with E-state index in [1.165, 1.54) is 12.8 Å². The Labute approximate surface area is 109 Å². The highest BCUT2D eigenvalue weighted by atomic mass is 16.5. The van der Waals surface area contributed by atoms with E-state index in [1.807, 2.05) is 19.4 Å². The number of nitrogens with two attached hydrogens (primary N) is 1. The first-order chi connectivity index (χ1) is 8.65. The van der Waals surface area contributed by atoms with Crippen LogP contribution in [-0.4, -0.2) is 48.0 Å². The Bertz CT molecular complexity index is 360. The van der Waals surface area contributed by atoms with Crippen molar-refractivity contribution in [2.24, 2.45) is 18.7 Å². The minimum absolute atomic E-state index is 0.0354. The fourth-order valence-electron chi connectivity index (χ4n) is 2.54. The maximum absolute atomic E-state index is 6.19. The van der Waals surface area contributed by atoms with Gasteiger partial charge in [0.15, 0.2) is 0 Å². The standard InChI is InChI=1S/C13H24N4O/c1-16(7-11-4-3-5-18-10-11)9-13(14)12-6-15-17(2)8-12/h6,8,11,13H,3-5,7,9-10,14H2,1-2H3. The van der Waals surface area contributed by atoms with E-state index >= 15 is 0 Å². The molecule has 0 radical (unpaired) electrons. The summed E-state index contributed by atoms with van der Waals surface area (Å²) in [5.41, 5.74) is 7.29. The molecule has 0 saturated carbocycles. The highest BCUT2D eigenvalue weighted by Crippen LogP contribution is 2.16. The van der Waals surface area contributed by atoms with Crippen LogP contribution in [0.15, 0.2) is 12.4 Å². The maximum atomic E-state index is 6.19. The molecule has 5 nitrogen and oxygen atoms in total. The molecule has 2 N–H and O–H groups in total. The summed E-state index contributed by atoms with van der Waals surface area (Å²) < 4.78 is 7.30. The van der Waals surface area contributed by atoms with Crippen LogP contribution in [0.4, 0.5) is 0 Å². The van der Waals surface area contributed by atoms with Crippen LogP contribution >= 0.6 is 0 Å². The molecule has 2 heterocycles. The summed E-state index contributed by atoms with van der Waals surface area (Å²) in [5, 5.41) is 4.16. The van der Waals surface area contributed by atoms with Crippen molar-refractivity contribution >= 4 is 0 Å². The molecular weight excluding hydrogens is 228 g/mol. The van der Waals surface area contributed by atoms with Crippen molar-refractivity contribution in [1.29, 1.82) is 0 Å². The van der Waals surface area contributed by atoms with Crippen LogP contribution in [-0.2, 0) is 11.8 Å². The topological polar surface area (TPSA) is 56.3 Å². The van der Waals surface area contributed by atoms with Crippen molar-refractivity contribution in [2.75, 3.05) is 33.4 Å². The number of aryl methyl sites for hydroxylation is 1. The van der Waals surface area contributed by atoms with Crippen LogP contribution in [0.3, 0.4) is 0 Å². The Balaban J connectivity index is 1.77. The third kappa shape index (κ3) is 3.80. The van der Waals surface area contributed by atoms with E-state index in [2.05, 4.69) is 17.0 Å². The van der Waals surface area contributed by atoms with Gasteiger partial charge in [0.2, 0.25) is 0 Å². The van der Waals surface area contributed by atoms with Gasteiger partial charge in [-0.3, -0.25) is 4.68 Å². The average molecular weight is 252 g/mol. The minimum atomic E-state index is 0.0354. The predicted molar refractivity (Wildman–Crippen MR) is 71.2 cm³/mol. The van der Waals surface area contributed by atoms with Gasteiger partial charge in [-0.05, 0) is 25.8 Å². The monoisotopic (exact) mass is 252 g/mol. The van der Waals surface area contributed by atoms with E-state index in [1.54, 1.807) is 4.68 Å². The van der Waals surface area contributed by atoms with Gasteiger partial charge in [-0.1, -0.05) is 0 Å². The fraction of sp³-hybridized carbons (Fsp3) is 0.769. The van der Waals surface area contributed by atoms with Crippen LogP contribution in [0.25, 0.3) is 0 Å². The second-order valence-corrected chi connectivity index (χ2v) is 5.36. The normalized spacial score (nSPS) is 22.3. The minimum Gasteiger partial charge on any atom is -0.381 e. The van der Waals surface area contributed by atoms with Gasteiger partial charge < -0.3 is 15.4 Å². The van der Waals surface area contributed by atoms with Crippen molar-refractivity contribution in [1.82, 2.24) is 14.7 Å². The van der Waals surface area contributed by atoms with Gasteiger partial charge in [0.25, 0.3) is 0 Å². The second kappa shape index (κ2) is 6.31. The summed E-state index contributed by atoms with van der Waals surface area (Å²) >= 11 is 0. The molecule has 1 aromatic rings. The third-order valence-electron chi connectivity index (χ3n) is 3.49. The SMILES string of the molecule is CN(CC1CCCOC1)CC(N)c1cnn(C)c1. The molecule has 2 atom stereocenters. The van der Waals surface area contributed by atoms with Crippen LogP contribution in [0.2, 0.25) is 0 Å². The number of likely N-dealkylation sites (N-methyl/N-ethyl adjacent to an activating group) is 1. The molecule has 1 aliphatic heterocycles. The Hall–Kier alpha value is -0.910. The first kappa shape index (κ1) is 13.5. The van der Waals surface area contributed by atoms with Gasteiger partial charge in [-0.15, -0.1) is 0 Å². The van der Waals surface area contributed by atoms with E-state index in [0.717, 1.165) is 31.9 Å². The molecule has 0 amide bonds. The largest absolute Gasteiger partial charge is 0.381 e. The van der Waals surface area contributed by atoms with Crippen molar-refractivity contribution in [3.8, 4) is 0 Å². The first-order valence-corrected chi connectivity index (χ1v) is 6.65. The molecular formula is C13H24N4O. The molecule has 18 heavy (non-hydrogen) atoms. The van der Waals surface area contributed by atoms with Crippen molar-refractivity contribution in [3.63, 3.8) is 0 Å². The Kier molecular flexibility index (Phi) is 4.74. The van der Waals surface area contributed by atoms with Crippen LogP contribution < -0.4 is 5.73 Å². The Morgan fingerprint density at radius 1 is 1.67 bits per heavy atom. The smallest absolute Gasteiger partial charge is 0.0537 e. The lowest BCUT2D eigenvalue weighted by molar-refractivity contribution is 0.0414. The van der Waals surface area contributed by atoms with Gasteiger partial charge >= 0.3 is 0 Å². The summed E-state index contributed by atoms with van der Waals surface area (Å²) in [7, 11) is 4.05. The molecule has 2 rings (SSSR count). The van der Waals surface area contributed by atoms with Gasteiger partial charge in [0.1, 0.15) is 0 Å². The van der Waals surface area contributed by atoms with Crippen LogP contribution in [0, 0.1) is 5.92 Å². The van der Waals surface area contributed by atoms with Gasteiger partial charge in [0.05, 0.1) is 12.8 Å². The summed E-state index contributed by atoms with van der Waals surface area (Å²) in [4.78, 5) is 2.30. The molecule has 102 valence electrons. The van der Waals surface area contributed by atoms with Crippen molar-refractivity contribution in [2.45, 2.75) is 18.9 Å². The number of rotatable bonds is 5. The van der Waals surface area contributed by atoms with Gasteiger partial charge in [-0.25, -0.2) is 0 Å². The molecule has 0 aliphatic carbocycles. The van der Waals surface area contributed by atoms with Gasteiger partial charge in [-0.2, -0.15) is 5.10 Å². The van der Waals surface area contributed by atoms with Gasteiger partial charge in [0, 0.05) is 44.5 Å². The van der Waals surface area contributed by atoms with Crippen molar-refractivity contribution in [3.05, 3.63) is 18.0 Å². The number of aromatic nitrogens is 2. The highest BCUT2D eigenvalue weighted by molar-refractivity contribution is 5.09. The molecule has 2 unspecified atom stereocenters. The predicted octanol–water partition coefficient (Wildman–Crippen LogP) is 0.778. The Morgan fingerprint density at radius 3 is 3.11 bits per heavy atom. The second-order valence-electron chi connectivity index (χ2n) is 5.36. The van der Waals surface area contributed by atoms with E-state index in [9.17, 15) is 0 Å². The van der Waals surface area contributed by atoms with E-state index in [4.69, 9.17) is 10.5 Å². The van der Waals surface area contributed by atoms with E-state index in [0.29, 0.717) is 5.92 Å². The van der Waals surface area contributed by atoms with Crippen molar-refractivity contribution < 1.29 is 4.74 Å². The lowest BCUT2D eigenvalue weighted by Crippen LogP contribution is -2.35. The Morgan fingerprint density at radius 2 is 2.50 bits per heavy atom. The van der Waals surface area contributed by atoms with Crippen LogP contribution in [0.1, 0.15) is 24.4 Å². The molecule has 5 heteroatoms. The number of nitrogens with zero attached hydrogens (tertiary/aromatic N) is 3. The quantitative estimate of drug-likeness (QED) is 0.841. The van der Waals surface area contributed by atoms with E-state index in [-0.39, 0.29) is 6.04 Å². The lowest BCUT2D eigenvalue weighted by Gasteiger charge is -2.28. The summed E-state index contributed by atoms with van der Waals surface area (Å²) in [5.74, 6) is 0.657. The molecule has 1 fully saturated rings. The zero-order valence-corrected chi connectivity index (χ0v) is 11.4. The van der Waals surface area contributed by atoms with Crippen LogP contribution in [0.5, 0.6) is 0 Å². The maximum Gasteiger partial charge on any atom is 0.0537 e. The molecule has 1 saturated heterocycles. The lowest BCUT2D eigenvalue weighted by atomic mass is 10.0. The first-order valence-electron chi connectivity index (χ1n) is 6.65. The summed E-state index contributed by atoms with van der Waals surface area (Å²) in [6.07, 6.45) is 6.30. The zero-order chi connectivity index (χ0) is 13.0. The highest BCUT2D eigenvalue weighted by Gasteiger charge is 2.18. The van der Waals surface area contributed by atoms with E-state index < -0.39 is 0 Å². The molecule has 1 aromatic heterocycles. The molecule has 0 spiro atoms. The number of hydrogen-bond donors (Lipinski definition) is 1. The third-order valence-corrected chi connectivity index (χ3v) is 3.49. The number of hydrogen-bond acceptors (Lipinski definition) is 4. The summed E-state index contributed by atoms with van der Waals surface area (Å²) in [6, 6.07) is 0.0354. The molecule has 0 bridgehead atoms. The number of ether oxygens (including phenoxy) is 1. The molecule has 1 aliphatic rings. The zero-order valence-electron chi connectivity index (χ0n) is 11.4. The molecule has 0 aromatic carbocycles. The fourth-order valence-corrected chi connectivity index (χ4v) is 2.54. The average Bonchev–Trinajstić information content (AvgIpc) is 2.77. The summed E-state index contributed by atoms with van der Waals surface area (Å²) in [6.45, 7) is 3.75.